The number of para-hydroxylation sites is 3. The summed E-state index contributed by atoms with van der Waals surface area (Å²) in [5, 5.41) is 2.52. The van der Waals surface area contributed by atoms with E-state index in [4.69, 9.17) is 0 Å². The highest BCUT2D eigenvalue weighted by atomic mass is 15.2. The number of rotatable bonds is 8. The molecule has 4 aliphatic rings. The van der Waals surface area contributed by atoms with Gasteiger partial charge in [-0.15, -0.1) is 0 Å². The summed E-state index contributed by atoms with van der Waals surface area (Å²) in [5.41, 5.74) is 20.8. The molecule has 14 rings (SSSR count). The molecule has 2 heterocycles. The molecule has 9 aromatic carbocycles. The highest BCUT2D eigenvalue weighted by Gasteiger charge is 2.51. The van der Waals surface area contributed by atoms with Crippen molar-refractivity contribution in [3.8, 4) is 16.8 Å². The number of fused-ring (bicyclic) bond motifs is 9. The third-order valence-electron chi connectivity index (χ3n) is 15.6. The van der Waals surface area contributed by atoms with Gasteiger partial charge in [0.05, 0.1) is 16.4 Å². The molecular formula is C67H49N3. The van der Waals surface area contributed by atoms with Crippen LogP contribution in [-0.4, -0.2) is 4.57 Å². The number of hydrogen-bond acceptors (Lipinski definition) is 2. The van der Waals surface area contributed by atoms with Crippen molar-refractivity contribution in [1.82, 2.24) is 4.57 Å². The summed E-state index contributed by atoms with van der Waals surface area (Å²) in [5.74, 6) is 0.640. The lowest BCUT2D eigenvalue weighted by Gasteiger charge is -2.39. The first-order chi connectivity index (χ1) is 34.7. The van der Waals surface area contributed by atoms with Crippen LogP contribution in [0, 0.1) is 5.92 Å². The van der Waals surface area contributed by atoms with Gasteiger partial charge in [-0.2, -0.15) is 0 Å². The van der Waals surface area contributed by atoms with Crippen LogP contribution in [0.1, 0.15) is 46.6 Å². The minimum atomic E-state index is -0.384. The second-order valence-electron chi connectivity index (χ2n) is 19.1. The van der Waals surface area contributed by atoms with E-state index in [1.807, 2.05) is 0 Å². The molecule has 1 aliphatic heterocycles. The van der Waals surface area contributed by atoms with Gasteiger partial charge >= 0.3 is 0 Å². The van der Waals surface area contributed by atoms with Crippen molar-refractivity contribution in [2.24, 2.45) is 5.92 Å². The summed E-state index contributed by atoms with van der Waals surface area (Å²) in [6.07, 6.45) is 15.8. The number of aromatic nitrogens is 1. The summed E-state index contributed by atoms with van der Waals surface area (Å²) < 4.78 is 2.40. The molecule has 70 heavy (non-hydrogen) atoms. The van der Waals surface area contributed by atoms with Gasteiger partial charge in [0.25, 0.3) is 0 Å². The Morgan fingerprint density at radius 3 is 1.93 bits per heavy atom. The average Bonchev–Trinajstić information content (AvgIpc) is 4.07. The van der Waals surface area contributed by atoms with Gasteiger partial charge in [0.2, 0.25) is 0 Å². The molecule has 3 atom stereocenters. The van der Waals surface area contributed by atoms with E-state index in [1.165, 1.54) is 83.4 Å². The summed E-state index contributed by atoms with van der Waals surface area (Å²) in [4.78, 5) is 4.91. The van der Waals surface area contributed by atoms with Crippen molar-refractivity contribution in [2.45, 2.75) is 24.2 Å². The van der Waals surface area contributed by atoms with Crippen LogP contribution in [0.2, 0.25) is 0 Å². The van der Waals surface area contributed by atoms with Crippen molar-refractivity contribution < 1.29 is 0 Å². The average molecular weight is 896 g/mol. The first-order valence-electron chi connectivity index (χ1n) is 24.7. The largest absolute Gasteiger partial charge is 0.313 e. The van der Waals surface area contributed by atoms with E-state index in [0.717, 1.165) is 35.6 Å². The van der Waals surface area contributed by atoms with Gasteiger partial charge in [-0.25, -0.2) is 0 Å². The molecule has 3 aliphatic carbocycles. The predicted molar refractivity (Wildman–Crippen MR) is 292 cm³/mol. The second-order valence-corrected chi connectivity index (χ2v) is 19.1. The van der Waals surface area contributed by atoms with Crippen LogP contribution in [0.5, 0.6) is 0 Å². The Kier molecular flexibility index (Phi) is 9.38. The van der Waals surface area contributed by atoms with Crippen LogP contribution in [-0.2, 0) is 5.41 Å². The maximum atomic E-state index is 2.47. The van der Waals surface area contributed by atoms with Gasteiger partial charge < -0.3 is 14.4 Å². The standard InChI is InChI=1S/C67H49N3/c1-2-19-48(20-3-1)67(61-30-10-4-24-55(61)56-25-5-11-31-62(56)67)49-21-17-23-54(45-49)68(51-40-42-52(43-41-51)69-63-32-12-6-26-57(63)58-27-7-13-33-64(58)69)50-38-36-46(37-39-50)47-18-16-22-53(44-47)70-65-34-14-8-28-59(65)60-29-9-15-35-66(60)70/h1-28,30,32-45,60,62H,29,31H2. The smallest absolute Gasteiger partial charge is 0.0541 e. The van der Waals surface area contributed by atoms with E-state index >= 15 is 0 Å². The number of anilines is 5. The summed E-state index contributed by atoms with van der Waals surface area (Å²) >= 11 is 0. The van der Waals surface area contributed by atoms with E-state index < -0.39 is 0 Å². The summed E-state index contributed by atoms with van der Waals surface area (Å²) in [7, 11) is 0. The van der Waals surface area contributed by atoms with Crippen molar-refractivity contribution in [3.05, 3.63) is 294 Å². The van der Waals surface area contributed by atoms with Crippen LogP contribution in [0.15, 0.2) is 267 Å². The SMILES string of the molecule is C1=CCC2C(=C1)N(c1cccc(-c3ccc(N(c4ccc(-n5c6ccccc6c6ccccc65)cc4)c4cccc(C5(c6ccccc6)c6ccccc6C6=CC=CCC65)c4)cc3)c1)c1ccccc12. The lowest BCUT2D eigenvalue weighted by molar-refractivity contribution is 0.484. The number of nitrogens with zero attached hydrogens (tertiary/aromatic N) is 3. The molecule has 3 unspecified atom stereocenters. The number of benzene rings is 9. The van der Waals surface area contributed by atoms with Crippen LogP contribution in [0.25, 0.3) is 44.2 Å². The maximum Gasteiger partial charge on any atom is 0.0541 e. The highest BCUT2D eigenvalue weighted by Crippen LogP contribution is 2.60. The monoisotopic (exact) mass is 895 g/mol. The zero-order valence-corrected chi connectivity index (χ0v) is 38.7. The molecule has 1 aromatic heterocycles. The first-order valence-corrected chi connectivity index (χ1v) is 24.7. The molecule has 3 heteroatoms. The number of hydrogen-bond donors (Lipinski definition) is 0. The topological polar surface area (TPSA) is 11.4 Å². The fourth-order valence-corrected chi connectivity index (χ4v) is 12.6. The predicted octanol–water partition coefficient (Wildman–Crippen LogP) is 17.3. The molecule has 0 N–H and O–H groups in total. The fraction of sp³-hybridized carbons (Fsp3) is 0.0746. The molecule has 0 saturated carbocycles. The van der Waals surface area contributed by atoms with Gasteiger partial charge in [-0.05, 0) is 142 Å². The molecule has 3 nitrogen and oxygen atoms in total. The van der Waals surface area contributed by atoms with Gasteiger partial charge in [-0.1, -0.05) is 176 Å². The maximum absolute atomic E-state index is 2.47. The van der Waals surface area contributed by atoms with Gasteiger partial charge in [-0.3, -0.25) is 0 Å². The second kappa shape index (κ2) is 16.3. The van der Waals surface area contributed by atoms with Crippen molar-refractivity contribution in [1.29, 1.82) is 0 Å². The lowest BCUT2D eigenvalue weighted by atomic mass is 9.63. The summed E-state index contributed by atoms with van der Waals surface area (Å²) in [6.45, 7) is 0. The van der Waals surface area contributed by atoms with Gasteiger partial charge in [0.15, 0.2) is 0 Å². The van der Waals surface area contributed by atoms with E-state index in [-0.39, 0.29) is 11.3 Å². The van der Waals surface area contributed by atoms with Crippen LogP contribution >= 0.6 is 0 Å². The quantitative estimate of drug-likeness (QED) is 0.151. The first kappa shape index (κ1) is 40.4. The molecule has 332 valence electrons. The number of allylic oxidation sites excluding steroid dienone is 8. The zero-order valence-electron chi connectivity index (χ0n) is 38.7. The molecule has 0 spiro atoms. The van der Waals surface area contributed by atoms with Crippen LogP contribution in [0.3, 0.4) is 0 Å². The Balaban J connectivity index is 0.905. The van der Waals surface area contributed by atoms with E-state index in [9.17, 15) is 0 Å². The van der Waals surface area contributed by atoms with E-state index in [1.54, 1.807) is 0 Å². The molecular weight excluding hydrogens is 847 g/mol. The Hall–Kier alpha value is -8.66. The summed E-state index contributed by atoms with van der Waals surface area (Å²) in [6, 6.07) is 83.6. The fourth-order valence-electron chi connectivity index (χ4n) is 12.6. The Morgan fingerprint density at radius 2 is 1.11 bits per heavy atom. The van der Waals surface area contributed by atoms with Gasteiger partial charge in [0.1, 0.15) is 0 Å². The third kappa shape index (κ3) is 6.14. The zero-order chi connectivity index (χ0) is 46.2. The van der Waals surface area contributed by atoms with Crippen LogP contribution in [0.4, 0.5) is 28.4 Å². The van der Waals surface area contributed by atoms with Crippen molar-refractivity contribution in [2.75, 3.05) is 9.80 Å². The van der Waals surface area contributed by atoms with Crippen molar-refractivity contribution in [3.63, 3.8) is 0 Å². The molecule has 0 amide bonds. The lowest BCUT2D eigenvalue weighted by Crippen LogP contribution is -2.34. The van der Waals surface area contributed by atoms with Crippen LogP contribution < -0.4 is 9.80 Å². The minimum Gasteiger partial charge on any atom is -0.313 e. The molecule has 0 saturated heterocycles. The molecule has 10 aromatic rings. The Labute approximate surface area is 409 Å². The third-order valence-corrected chi connectivity index (χ3v) is 15.6. The highest BCUT2D eigenvalue weighted by molar-refractivity contribution is 6.09. The van der Waals surface area contributed by atoms with Crippen molar-refractivity contribution >= 4 is 55.8 Å². The van der Waals surface area contributed by atoms with E-state index in [2.05, 4.69) is 275 Å². The Morgan fingerprint density at radius 1 is 0.457 bits per heavy atom. The van der Waals surface area contributed by atoms with E-state index in [0.29, 0.717) is 5.92 Å². The molecule has 0 radical (unpaired) electrons. The normalized spacial score (nSPS) is 18.5. The molecule has 0 bridgehead atoms. The van der Waals surface area contributed by atoms with Gasteiger partial charge in [0, 0.05) is 62.4 Å². The Bertz CT molecular complexity index is 3740. The minimum absolute atomic E-state index is 0.257. The molecule has 0 fully saturated rings.